The van der Waals surface area contributed by atoms with Crippen LogP contribution >= 0.6 is 0 Å². The van der Waals surface area contributed by atoms with E-state index in [1.54, 1.807) is 42.5 Å². The van der Waals surface area contributed by atoms with E-state index in [4.69, 9.17) is 14.2 Å². The molecule has 0 bridgehead atoms. The van der Waals surface area contributed by atoms with Gasteiger partial charge in [0.15, 0.2) is 0 Å². The van der Waals surface area contributed by atoms with Crippen LogP contribution in [0.15, 0.2) is 72.3 Å². The molecule has 0 aromatic heterocycles. The number of nitrogens with zero attached hydrogens (tertiary/aromatic N) is 2. The predicted molar refractivity (Wildman–Crippen MR) is 143 cm³/mol. The van der Waals surface area contributed by atoms with Crippen LogP contribution in [0.2, 0.25) is 0 Å². The summed E-state index contributed by atoms with van der Waals surface area (Å²) in [6, 6.07) is 18.5. The topological polar surface area (TPSA) is 88.5 Å². The van der Waals surface area contributed by atoms with Gasteiger partial charge in [0.25, 0.3) is 11.7 Å². The Bertz CT molecular complexity index is 1350. The first kappa shape index (κ1) is 25.6. The lowest BCUT2D eigenvalue weighted by Gasteiger charge is -2.26. The zero-order valence-corrected chi connectivity index (χ0v) is 21.5. The Morgan fingerprint density at radius 3 is 2.30 bits per heavy atom. The van der Waals surface area contributed by atoms with Crippen molar-refractivity contribution in [1.82, 2.24) is 0 Å². The maximum atomic E-state index is 13.5. The summed E-state index contributed by atoms with van der Waals surface area (Å²) in [7, 11) is 6.82. The quantitative estimate of drug-likeness (QED) is 0.269. The minimum atomic E-state index is -0.885. The van der Waals surface area contributed by atoms with Crippen molar-refractivity contribution in [3.63, 3.8) is 0 Å². The van der Waals surface area contributed by atoms with Crippen LogP contribution in [0.3, 0.4) is 0 Å². The Kier molecular flexibility index (Phi) is 7.38. The van der Waals surface area contributed by atoms with Crippen LogP contribution < -0.4 is 24.0 Å². The van der Waals surface area contributed by atoms with Gasteiger partial charge in [0.2, 0.25) is 0 Å². The SMILES string of the molecule is CCOc1cccc(N2C(=O)C(=O)/C(=C(/O)c3cc(OC)ccc3OC)C2c2ccc(N(C)C)cc2)c1. The molecule has 1 N–H and O–H groups in total. The number of ketones is 1. The number of Topliss-reactive ketones (excluding diaryl/α,β-unsaturated/α-hetero) is 1. The molecule has 3 aromatic rings. The molecule has 0 saturated carbocycles. The third-order valence-corrected chi connectivity index (χ3v) is 6.24. The van der Waals surface area contributed by atoms with Gasteiger partial charge in [0, 0.05) is 31.5 Å². The molecule has 0 spiro atoms. The minimum Gasteiger partial charge on any atom is -0.507 e. The van der Waals surface area contributed by atoms with Crippen molar-refractivity contribution in [3.8, 4) is 17.2 Å². The van der Waals surface area contributed by atoms with Gasteiger partial charge in [-0.1, -0.05) is 18.2 Å². The summed E-state index contributed by atoms with van der Waals surface area (Å²) in [6.07, 6.45) is 0. The Balaban J connectivity index is 1.96. The van der Waals surface area contributed by atoms with Gasteiger partial charge in [-0.2, -0.15) is 0 Å². The van der Waals surface area contributed by atoms with Crippen LogP contribution in [0, 0.1) is 0 Å². The van der Waals surface area contributed by atoms with E-state index in [1.165, 1.54) is 19.1 Å². The van der Waals surface area contributed by atoms with E-state index < -0.39 is 17.7 Å². The Morgan fingerprint density at radius 2 is 1.68 bits per heavy atom. The summed E-state index contributed by atoms with van der Waals surface area (Å²) < 4.78 is 16.4. The molecular weight excluding hydrogens is 472 g/mol. The number of hydrogen-bond acceptors (Lipinski definition) is 7. The number of anilines is 2. The number of carbonyl (C=O) groups excluding carboxylic acids is 2. The number of hydrogen-bond donors (Lipinski definition) is 1. The standard InChI is InChI=1S/C29H30N2O6/c1-6-37-22-9-7-8-20(16-22)31-26(18-10-12-19(13-11-18)30(2)3)25(28(33)29(31)34)27(32)23-17-21(35-4)14-15-24(23)36-5/h7-17,26,32H,6H2,1-5H3/b27-25+. The molecule has 1 fully saturated rings. The van der Waals surface area contributed by atoms with Gasteiger partial charge in [0.05, 0.1) is 38.0 Å². The average molecular weight is 503 g/mol. The number of aliphatic hydroxyl groups excluding tert-OH is 1. The molecular formula is C29H30N2O6. The summed E-state index contributed by atoms with van der Waals surface area (Å²) in [5.41, 5.74) is 2.30. The summed E-state index contributed by atoms with van der Waals surface area (Å²) in [5, 5.41) is 11.5. The maximum absolute atomic E-state index is 13.5. The molecule has 8 nitrogen and oxygen atoms in total. The molecule has 192 valence electrons. The second kappa shape index (κ2) is 10.7. The Labute approximate surface area is 216 Å². The molecule has 1 unspecified atom stereocenters. The normalized spacial score (nSPS) is 16.6. The van der Waals surface area contributed by atoms with Crippen molar-refractivity contribution in [2.75, 3.05) is 44.7 Å². The van der Waals surface area contributed by atoms with Crippen LogP contribution in [0.4, 0.5) is 11.4 Å². The van der Waals surface area contributed by atoms with Gasteiger partial charge in [-0.05, 0) is 55.0 Å². The van der Waals surface area contributed by atoms with Gasteiger partial charge in [-0.3, -0.25) is 14.5 Å². The Hall–Kier alpha value is -4.46. The highest BCUT2D eigenvalue weighted by Crippen LogP contribution is 2.44. The second-order valence-electron chi connectivity index (χ2n) is 8.65. The zero-order valence-electron chi connectivity index (χ0n) is 21.5. The van der Waals surface area contributed by atoms with Gasteiger partial charge < -0.3 is 24.2 Å². The maximum Gasteiger partial charge on any atom is 0.300 e. The molecule has 0 aliphatic carbocycles. The number of ether oxygens (including phenoxy) is 3. The molecule has 1 amide bonds. The van der Waals surface area contributed by atoms with E-state index in [2.05, 4.69) is 0 Å². The summed E-state index contributed by atoms with van der Waals surface area (Å²) in [5.74, 6) is -0.528. The lowest BCUT2D eigenvalue weighted by Crippen LogP contribution is -2.29. The van der Waals surface area contributed by atoms with Gasteiger partial charge in [-0.25, -0.2) is 0 Å². The molecule has 1 aliphatic rings. The van der Waals surface area contributed by atoms with Crippen molar-refractivity contribution in [3.05, 3.63) is 83.4 Å². The summed E-state index contributed by atoms with van der Waals surface area (Å²) >= 11 is 0. The fourth-order valence-corrected chi connectivity index (χ4v) is 4.40. The smallest absolute Gasteiger partial charge is 0.300 e. The molecule has 8 heteroatoms. The van der Waals surface area contributed by atoms with Crippen molar-refractivity contribution >= 4 is 28.8 Å². The molecule has 1 heterocycles. The largest absolute Gasteiger partial charge is 0.507 e. The molecule has 3 aromatic carbocycles. The molecule has 4 rings (SSSR count). The van der Waals surface area contributed by atoms with E-state index in [0.29, 0.717) is 35.1 Å². The molecule has 37 heavy (non-hydrogen) atoms. The van der Waals surface area contributed by atoms with E-state index >= 15 is 0 Å². The predicted octanol–water partition coefficient (Wildman–Crippen LogP) is 4.79. The van der Waals surface area contributed by atoms with E-state index in [0.717, 1.165) is 5.69 Å². The molecule has 1 atom stereocenters. The number of benzene rings is 3. The first-order valence-electron chi connectivity index (χ1n) is 11.8. The number of carbonyl (C=O) groups is 2. The van der Waals surface area contributed by atoms with E-state index in [-0.39, 0.29) is 16.9 Å². The first-order valence-corrected chi connectivity index (χ1v) is 11.8. The van der Waals surface area contributed by atoms with Gasteiger partial charge in [-0.15, -0.1) is 0 Å². The number of methoxy groups -OCH3 is 2. The lowest BCUT2D eigenvalue weighted by molar-refractivity contribution is -0.132. The molecule has 1 saturated heterocycles. The van der Waals surface area contributed by atoms with Gasteiger partial charge >= 0.3 is 0 Å². The number of aliphatic hydroxyl groups is 1. The number of rotatable bonds is 8. The van der Waals surface area contributed by atoms with Crippen molar-refractivity contribution in [2.24, 2.45) is 0 Å². The van der Waals surface area contributed by atoms with Crippen LogP contribution in [0.5, 0.6) is 17.2 Å². The van der Waals surface area contributed by atoms with E-state index in [9.17, 15) is 14.7 Å². The highest BCUT2D eigenvalue weighted by Gasteiger charge is 2.47. The van der Waals surface area contributed by atoms with E-state index in [1.807, 2.05) is 50.2 Å². The van der Waals surface area contributed by atoms with Crippen LogP contribution in [-0.2, 0) is 9.59 Å². The highest BCUT2D eigenvalue weighted by atomic mass is 16.5. The van der Waals surface area contributed by atoms with Crippen molar-refractivity contribution < 1.29 is 28.9 Å². The van der Waals surface area contributed by atoms with Crippen LogP contribution in [0.25, 0.3) is 5.76 Å². The molecule has 1 aliphatic heterocycles. The van der Waals surface area contributed by atoms with Crippen molar-refractivity contribution in [2.45, 2.75) is 13.0 Å². The molecule has 0 radical (unpaired) electrons. The third-order valence-electron chi connectivity index (χ3n) is 6.24. The lowest BCUT2D eigenvalue weighted by atomic mass is 9.94. The number of amides is 1. The van der Waals surface area contributed by atoms with Crippen LogP contribution in [0.1, 0.15) is 24.1 Å². The third kappa shape index (κ3) is 4.82. The fourth-order valence-electron chi connectivity index (χ4n) is 4.40. The fraction of sp³-hybridized carbons (Fsp3) is 0.241. The Morgan fingerprint density at radius 1 is 0.946 bits per heavy atom. The minimum absolute atomic E-state index is 0.0454. The summed E-state index contributed by atoms with van der Waals surface area (Å²) in [4.78, 5) is 30.3. The summed E-state index contributed by atoms with van der Waals surface area (Å²) in [6.45, 7) is 2.32. The average Bonchev–Trinajstić information content (AvgIpc) is 3.18. The monoisotopic (exact) mass is 502 g/mol. The first-order chi connectivity index (χ1) is 17.8. The van der Waals surface area contributed by atoms with Gasteiger partial charge in [0.1, 0.15) is 23.0 Å². The second-order valence-corrected chi connectivity index (χ2v) is 8.65. The highest BCUT2D eigenvalue weighted by molar-refractivity contribution is 6.51. The van der Waals surface area contributed by atoms with Crippen LogP contribution in [-0.4, -0.2) is 51.7 Å². The van der Waals surface area contributed by atoms with Crippen molar-refractivity contribution in [1.29, 1.82) is 0 Å². The zero-order chi connectivity index (χ0) is 26.7.